The van der Waals surface area contributed by atoms with E-state index in [-0.39, 0.29) is 49.6 Å². The molecule has 1 atom stereocenters. The largest absolute Gasteiger partial charge is 0.480 e. The number of hydrogen-bond donors (Lipinski definition) is 2. The second-order valence-corrected chi connectivity index (χ2v) is 1.99. The summed E-state index contributed by atoms with van der Waals surface area (Å²) < 4.78 is 0. The number of hydrogen-bond acceptors (Lipinski definition) is 2. The van der Waals surface area contributed by atoms with Crippen molar-refractivity contribution in [3.05, 3.63) is 0 Å². The van der Waals surface area contributed by atoms with Crippen LogP contribution in [-0.2, 0) is 31.0 Å². The first-order valence-corrected chi connectivity index (χ1v) is 2.77. The first-order valence-electron chi connectivity index (χ1n) is 2.77. The Labute approximate surface area is 89.8 Å². The Kier molecular flexibility index (Phi) is 8.80. The van der Waals surface area contributed by atoms with Gasteiger partial charge >= 0.3 is 5.97 Å². The molecule has 0 bridgehead atoms. The van der Waals surface area contributed by atoms with Crippen molar-refractivity contribution >= 4 is 23.3 Å². The molecule has 1 fully saturated rings. The van der Waals surface area contributed by atoms with Gasteiger partial charge in [-0.25, -0.2) is 0 Å². The molecule has 1 saturated heterocycles. The van der Waals surface area contributed by atoms with Gasteiger partial charge in [-0.15, -0.1) is 0 Å². The number of carboxylic acid groups (broad SMARTS) is 1. The van der Waals surface area contributed by atoms with Crippen molar-refractivity contribution in [2.45, 2.75) is 18.9 Å². The van der Waals surface area contributed by atoms with Gasteiger partial charge in [0.1, 0.15) is 6.04 Å². The Balaban J connectivity index is 0. The van der Waals surface area contributed by atoms with Crippen molar-refractivity contribution < 1.29 is 36.1 Å². The maximum Gasteiger partial charge on any atom is 0.320 e. The molecule has 2 N–H and O–H groups in total. The van der Waals surface area contributed by atoms with Crippen LogP contribution < -0.4 is 5.32 Å². The summed E-state index contributed by atoms with van der Waals surface area (Å²) >= 11 is 0. The average Bonchev–Trinajstić information content (AvgIpc) is 2.12. The monoisotopic (exact) mass is 235 g/mol. The molecule has 0 spiro atoms. The number of nitrogens with one attached hydrogen (secondary N) is 1. The Bertz CT molecular complexity index is 106. The molecule has 1 rings (SSSR count). The minimum absolute atomic E-state index is 0. The summed E-state index contributed by atoms with van der Waals surface area (Å²) in [5.74, 6) is -0.720. The minimum Gasteiger partial charge on any atom is -0.480 e. The number of carbonyl (C=O) groups is 1. The van der Waals surface area contributed by atoms with E-state index in [2.05, 4.69) is 5.32 Å². The molecule has 10 heavy (non-hydrogen) atoms. The fourth-order valence-corrected chi connectivity index (χ4v) is 0.895. The summed E-state index contributed by atoms with van der Waals surface area (Å²) in [4.78, 5) is 10.1. The number of aliphatic carboxylic acids is 1. The molecule has 1 unspecified atom stereocenters. The van der Waals surface area contributed by atoms with Crippen LogP contribution >= 0.6 is 0 Å². The van der Waals surface area contributed by atoms with Crippen LogP contribution in [0.15, 0.2) is 0 Å². The zero-order valence-corrected chi connectivity index (χ0v) is 7.51. The van der Waals surface area contributed by atoms with Crippen LogP contribution in [0.5, 0.6) is 0 Å². The molecule has 1 heterocycles. The third kappa shape index (κ3) is 3.88. The van der Waals surface area contributed by atoms with E-state index in [0.717, 1.165) is 19.4 Å². The molecule has 0 aromatic heterocycles. The average molecular weight is 236 g/mol. The Morgan fingerprint density at radius 3 is 2.40 bits per heavy atom. The molecular formula is C5H12AlNO2Zr. The van der Waals surface area contributed by atoms with Gasteiger partial charge in [0.15, 0.2) is 17.4 Å². The van der Waals surface area contributed by atoms with E-state index in [4.69, 9.17) is 5.11 Å². The molecule has 0 aromatic carbocycles. The van der Waals surface area contributed by atoms with E-state index in [1.165, 1.54) is 0 Å². The Morgan fingerprint density at radius 1 is 1.60 bits per heavy atom. The van der Waals surface area contributed by atoms with E-state index in [1.54, 1.807) is 0 Å². The van der Waals surface area contributed by atoms with Crippen molar-refractivity contribution in [2.75, 3.05) is 6.54 Å². The zero-order valence-electron chi connectivity index (χ0n) is 5.05. The van der Waals surface area contributed by atoms with Crippen molar-refractivity contribution in [3.63, 3.8) is 0 Å². The van der Waals surface area contributed by atoms with Gasteiger partial charge in [0, 0.05) is 26.2 Å². The summed E-state index contributed by atoms with van der Waals surface area (Å²) in [6, 6.07) is -0.269. The summed E-state index contributed by atoms with van der Waals surface area (Å²) in [6.07, 6.45) is 1.78. The maximum absolute atomic E-state index is 10.1. The van der Waals surface area contributed by atoms with E-state index < -0.39 is 5.97 Å². The predicted molar refractivity (Wildman–Crippen MR) is 38.6 cm³/mol. The minimum atomic E-state index is -0.720. The molecule has 5 heteroatoms. The zero-order chi connectivity index (χ0) is 5.98. The van der Waals surface area contributed by atoms with E-state index in [9.17, 15) is 4.79 Å². The Morgan fingerprint density at radius 2 is 2.20 bits per heavy atom. The first kappa shape index (κ1) is 13.4. The second kappa shape index (κ2) is 6.55. The first-order chi connectivity index (χ1) is 3.80. The summed E-state index contributed by atoms with van der Waals surface area (Å²) in [5.41, 5.74) is 0. The van der Waals surface area contributed by atoms with Crippen LogP contribution in [0.1, 0.15) is 12.8 Å². The van der Waals surface area contributed by atoms with E-state index in [1.807, 2.05) is 0 Å². The molecular weight excluding hydrogens is 224 g/mol. The van der Waals surface area contributed by atoms with Gasteiger partial charge < -0.3 is 10.4 Å². The van der Waals surface area contributed by atoms with Crippen molar-refractivity contribution in [1.82, 2.24) is 5.32 Å². The fourth-order valence-electron chi connectivity index (χ4n) is 0.895. The fraction of sp³-hybridized carbons (Fsp3) is 0.800. The van der Waals surface area contributed by atoms with Gasteiger partial charge in [-0.3, -0.25) is 4.79 Å². The summed E-state index contributed by atoms with van der Waals surface area (Å²) in [5, 5.41) is 11.2. The predicted octanol–water partition coefficient (Wildman–Crippen LogP) is -1.36. The van der Waals surface area contributed by atoms with Gasteiger partial charge in [0.2, 0.25) is 0 Å². The van der Waals surface area contributed by atoms with Crippen molar-refractivity contribution in [1.29, 1.82) is 0 Å². The second-order valence-electron chi connectivity index (χ2n) is 1.99. The Hall–Kier alpha value is 0.846. The van der Waals surface area contributed by atoms with Gasteiger partial charge in [-0.2, -0.15) is 0 Å². The van der Waals surface area contributed by atoms with Crippen molar-refractivity contribution in [3.8, 4) is 0 Å². The van der Waals surface area contributed by atoms with E-state index >= 15 is 0 Å². The van der Waals surface area contributed by atoms with Gasteiger partial charge in [0.05, 0.1) is 0 Å². The third-order valence-electron chi connectivity index (χ3n) is 1.36. The van der Waals surface area contributed by atoms with Gasteiger partial charge in [0.25, 0.3) is 0 Å². The maximum atomic E-state index is 10.1. The van der Waals surface area contributed by atoms with E-state index in [0.29, 0.717) is 0 Å². The normalized spacial score (nSPS) is 22.6. The molecule has 0 amide bonds. The van der Waals surface area contributed by atoms with Gasteiger partial charge in [-0.1, -0.05) is 0 Å². The summed E-state index contributed by atoms with van der Waals surface area (Å²) in [6.45, 7) is 0.858. The van der Waals surface area contributed by atoms with Crippen LogP contribution in [0.3, 0.4) is 0 Å². The molecule has 0 saturated carbocycles. The number of rotatable bonds is 1. The van der Waals surface area contributed by atoms with Gasteiger partial charge in [-0.05, 0) is 19.4 Å². The van der Waals surface area contributed by atoms with Crippen LogP contribution in [0.4, 0.5) is 0 Å². The molecule has 0 aliphatic carbocycles. The molecule has 1 aliphatic rings. The quantitative estimate of drug-likeness (QED) is 0.553. The van der Waals surface area contributed by atoms with Crippen molar-refractivity contribution in [2.24, 2.45) is 0 Å². The molecule has 0 aromatic rings. The van der Waals surface area contributed by atoms with Crippen LogP contribution in [0, 0.1) is 0 Å². The topological polar surface area (TPSA) is 49.3 Å². The van der Waals surface area contributed by atoms with Crippen LogP contribution in [0.2, 0.25) is 0 Å². The SMILES string of the molecule is O=C(O)C1CCCN1.[AlH3].[Zr]. The number of carboxylic acids is 1. The molecule has 1 aliphatic heterocycles. The summed E-state index contributed by atoms with van der Waals surface area (Å²) in [7, 11) is 0. The van der Waals surface area contributed by atoms with Crippen LogP contribution in [0.25, 0.3) is 0 Å². The molecule has 56 valence electrons. The molecule has 3 nitrogen and oxygen atoms in total. The third-order valence-corrected chi connectivity index (χ3v) is 1.36. The smallest absolute Gasteiger partial charge is 0.320 e. The molecule has 0 radical (unpaired) electrons. The standard InChI is InChI=1S/C5H9NO2.Al.Zr.3H/c7-5(8)4-2-1-3-6-4;;;;;/h4,6H,1-3H2,(H,7,8);;;;;. The van der Waals surface area contributed by atoms with Crippen LogP contribution in [-0.4, -0.2) is 41.0 Å².